The van der Waals surface area contributed by atoms with Gasteiger partial charge in [0.2, 0.25) is 15.9 Å². The zero-order chi connectivity index (χ0) is 26.9. The lowest BCUT2D eigenvalue weighted by Gasteiger charge is -2.29. The molecule has 0 bridgehead atoms. The molecule has 1 amide bonds. The van der Waals surface area contributed by atoms with Gasteiger partial charge in [0.05, 0.1) is 4.90 Å². The molecule has 2 aromatic carbocycles. The van der Waals surface area contributed by atoms with E-state index < -0.39 is 22.2 Å². The maximum atomic E-state index is 13.3. The number of amides is 1. The summed E-state index contributed by atoms with van der Waals surface area (Å²) < 4.78 is 72.8. The highest BCUT2D eigenvalue weighted by Gasteiger charge is 2.38. The van der Waals surface area contributed by atoms with E-state index in [1.54, 1.807) is 35.2 Å². The third kappa shape index (κ3) is 8.88. The normalized spacial score (nSPS) is 14.2. The highest BCUT2D eigenvalue weighted by molar-refractivity contribution is 7.89. The van der Waals surface area contributed by atoms with E-state index in [9.17, 15) is 30.8 Å². The number of rotatable bonds is 7. The van der Waals surface area contributed by atoms with Crippen LogP contribution in [0.25, 0.3) is 0 Å². The van der Waals surface area contributed by atoms with Crippen LogP contribution in [0.15, 0.2) is 53.4 Å². The predicted molar refractivity (Wildman–Crippen MR) is 123 cm³/mol. The van der Waals surface area contributed by atoms with Crippen LogP contribution in [-0.2, 0) is 26.2 Å². The van der Waals surface area contributed by atoms with Gasteiger partial charge in [0.15, 0.2) is 0 Å². The maximum absolute atomic E-state index is 13.3. The van der Waals surface area contributed by atoms with Crippen molar-refractivity contribution in [1.29, 1.82) is 0 Å². The number of aryl methyl sites for hydroxylation is 1. The highest BCUT2D eigenvalue weighted by atomic mass is 32.2. The second-order valence-corrected chi connectivity index (χ2v) is 9.90. The van der Waals surface area contributed by atoms with Gasteiger partial charge in [-0.1, -0.05) is 24.3 Å². The average Bonchev–Trinajstić information content (AvgIpc) is 2.83. The molecule has 13 heteroatoms. The number of sulfonamides is 1. The molecule has 1 fully saturated rings. The Morgan fingerprint density at radius 2 is 1.67 bits per heavy atom. The summed E-state index contributed by atoms with van der Waals surface area (Å²) >= 11 is 0. The first kappa shape index (κ1) is 29.2. The lowest BCUT2D eigenvalue weighted by Crippen LogP contribution is -2.47. The van der Waals surface area contributed by atoms with Crippen molar-refractivity contribution in [3.05, 3.63) is 65.5 Å². The standard InChI is InChI=1S/C21H26FN3O3S.C2HF3O2/c1-17-3-2-4-20(15-17)29(27,28)25(16-18-5-7-19(22)8-6-18)12-9-21(26)24-13-10-23-11-14-24;3-2(4,5)1(6)7/h2-8,15,23H,9-14,16H2,1H3;(H,6,7). The SMILES string of the molecule is Cc1cccc(S(=O)(=O)N(CCC(=O)N2CCNCC2)Cc2ccc(F)cc2)c1.O=C(O)C(F)(F)F. The van der Waals surface area contributed by atoms with Crippen molar-refractivity contribution in [3.8, 4) is 0 Å². The van der Waals surface area contributed by atoms with Crippen molar-refractivity contribution in [3.63, 3.8) is 0 Å². The number of nitrogens with one attached hydrogen (secondary N) is 1. The van der Waals surface area contributed by atoms with E-state index in [1.807, 2.05) is 13.0 Å². The van der Waals surface area contributed by atoms with Gasteiger partial charge in [-0.2, -0.15) is 17.5 Å². The van der Waals surface area contributed by atoms with E-state index in [0.717, 1.165) is 18.7 Å². The Morgan fingerprint density at radius 1 is 1.08 bits per heavy atom. The van der Waals surface area contributed by atoms with Crippen molar-refractivity contribution < 1.29 is 40.7 Å². The van der Waals surface area contributed by atoms with E-state index in [1.165, 1.54) is 16.4 Å². The Hall–Kier alpha value is -3.03. The Labute approximate surface area is 206 Å². The number of alkyl halides is 3. The Morgan fingerprint density at radius 3 is 2.19 bits per heavy atom. The molecule has 0 aliphatic carbocycles. The second kappa shape index (κ2) is 12.8. The van der Waals surface area contributed by atoms with Gasteiger partial charge in [0.25, 0.3) is 0 Å². The number of hydrogen-bond acceptors (Lipinski definition) is 5. The number of carbonyl (C=O) groups is 2. The van der Waals surface area contributed by atoms with Crippen molar-refractivity contribution in [2.24, 2.45) is 0 Å². The fourth-order valence-electron chi connectivity index (χ4n) is 3.30. The summed E-state index contributed by atoms with van der Waals surface area (Å²) in [5.74, 6) is -3.20. The molecule has 0 aromatic heterocycles. The molecule has 1 aliphatic rings. The number of carboxylic acid groups (broad SMARTS) is 1. The first-order chi connectivity index (χ1) is 16.8. The fourth-order valence-corrected chi connectivity index (χ4v) is 4.83. The van der Waals surface area contributed by atoms with Crippen LogP contribution in [-0.4, -0.2) is 73.5 Å². The zero-order valence-electron chi connectivity index (χ0n) is 19.5. The summed E-state index contributed by atoms with van der Waals surface area (Å²) in [4.78, 5) is 23.4. The minimum Gasteiger partial charge on any atom is -0.475 e. The number of halogens is 4. The van der Waals surface area contributed by atoms with Gasteiger partial charge in [-0.25, -0.2) is 17.6 Å². The molecule has 1 heterocycles. The van der Waals surface area contributed by atoms with Crippen molar-refractivity contribution in [1.82, 2.24) is 14.5 Å². The summed E-state index contributed by atoms with van der Waals surface area (Å²) in [6, 6.07) is 12.4. The van der Waals surface area contributed by atoms with Gasteiger partial charge in [0.1, 0.15) is 5.82 Å². The first-order valence-electron chi connectivity index (χ1n) is 10.9. The van der Waals surface area contributed by atoms with E-state index in [-0.39, 0.29) is 36.1 Å². The number of carboxylic acids is 1. The van der Waals surface area contributed by atoms with E-state index in [4.69, 9.17) is 9.90 Å². The van der Waals surface area contributed by atoms with Gasteiger partial charge < -0.3 is 15.3 Å². The number of hydrogen-bond donors (Lipinski definition) is 2. The number of benzene rings is 2. The van der Waals surface area contributed by atoms with Gasteiger partial charge in [-0.15, -0.1) is 0 Å². The lowest BCUT2D eigenvalue weighted by molar-refractivity contribution is -0.192. The molecule has 3 rings (SSSR count). The Balaban J connectivity index is 0.000000572. The van der Waals surface area contributed by atoms with Gasteiger partial charge >= 0.3 is 12.1 Å². The first-order valence-corrected chi connectivity index (χ1v) is 12.3. The van der Waals surface area contributed by atoms with Crippen molar-refractivity contribution in [2.45, 2.75) is 31.0 Å². The monoisotopic (exact) mass is 533 g/mol. The largest absolute Gasteiger partial charge is 0.490 e. The number of nitrogens with zero attached hydrogens (tertiary/aromatic N) is 2. The molecule has 0 atom stereocenters. The van der Waals surface area contributed by atoms with Crippen LogP contribution in [0.3, 0.4) is 0 Å². The Bertz CT molecular complexity index is 1140. The maximum Gasteiger partial charge on any atom is 0.490 e. The molecule has 0 unspecified atom stereocenters. The summed E-state index contributed by atoms with van der Waals surface area (Å²) in [7, 11) is -3.80. The van der Waals surface area contributed by atoms with Crippen LogP contribution in [0.1, 0.15) is 17.5 Å². The van der Waals surface area contributed by atoms with Gasteiger partial charge in [0, 0.05) is 45.7 Å². The molecule has 0 spiro atoms. The topological polar surface area (TPSA) is 107 Å². The van der Waals surface area contributed by atoms with E-state index in [0.29, 0.717) is 18.7 Å². The number of piperazine rings is 1. The van der Waals surface area contributed by atoms with Crippen molar-refractivity contribution >= 4 is 21.9 Å². The molecular formula is C23H27F4N3O5S. The molecule has 2 aromatic rings. The molecule has 2 N–H and O–H groups in total. The summed E-state index contributed by atoms with van der Waals surface area (Å²) in [5, 5.41) is 10.3. The van der Waals surface area contributed by atoms with E-state index >= 15 is 0 Å². The second-order valence-electron chi connectivity index (χ2n) is 7.97. The van der Waals surface area contributed by atoms with Crippen LogP contribution in [0.2, 0.25) is 0 Å². The third-order valence-electron chi connectivity index (χ3n) is 5.19. The third-order valence-corrected chi connectivity index (χ3v) is 7.03. The fraction of sp³-hybridized carbons (Fsp3) is 0.391. The molecule has 36 heavy (non-hydrogen) atoms. The molecule has 1 aliphatic heterocycles. The lowest BCUT2D eigenvalue weighted by atomic mass is 10.2. The molecule has 1 saturated heterocycles. The molecule has 0 radical (unpaired) electrons. The van der Waals surface area contributed by atoms with Crippen LogP contribution in [0.4, 0.5) is 17.6 Å². The molecule has 198 valence electrons. The number of aliphatic carboxylic acids is 1. The van der Waals surface area contributed by atoms with Gasteiger partial charge in [-0.05, 0) is 42.3 Å². The summed E-state index contributed by atoms with van der Waals surface area (Å²) in [6.45, 7) is 4.71. The summed E-state index contributed by atoms with van der Waals surface area (Å²) in [6.07, 6.45) is -4.98. The quantitative estimate of drug-likeness (QED) is 0.531. The number of carbonyl (C=O) groups excluding carboxylic acids is 1. The molecule has 8 nitrogen and oxygen atoms in total. The van der Waals surface area contributed by atoms with E-state index in [2.05, 4.69) is 5.32 Å². The average molecular weight is 534 g/mol. The summed E-state index contributed by atoms with van der Waals surface area (Å²) in [5.41, 5.74) is 1.50. The molecule has 0 saturated carbocycles. The highest BCUT2D eigenvalue weighted by Crippen LogP contribution is 2.20. The smallest absolute Gasteiger partial charge is 0.475 e. The van der Waals surface area contributed by atoms with Crippen LogP contribution >= 0.6 is 0 Å². The van der Waals surface area contributed by atoms with Crippen LogP contribution < -0.4 is 5.32 Å². The van der Waals surface area contributed by atoms with Crippen molar-refractivity contribution in [2.75, 3.05) is 32.7 Å². The van der Waals surface area contributed by atoms with Crippen LogP contribution in [0.5, 0.6) is 0 Å². The van der Waals surface area contributed by atoms with Gasteiger partial charge in [-0.3, -0.25) is 4.79 Å². The zero-order valence-corrected chi connectivity index (χ0v) is 20.3. The minimum atomic E-state index is -5.08. The molecular weight excluding hydrogens is 506 g/mol. The van der Waals surface area contributed by atoms with Crippen LogP contribution in [0, 0.1) is 12.7 Å². The predicted octanol–water partition coefficient (Wildman–Crippen LogP) is 2.78. The minimum absolute atomic E-state index is 0.0601. The Kier molecular flexibility index (Phi) is 10.4.